The quantitative estimate of drug-likeness (QED) is 0.711. The van der Waals surface area contributed by atoms with E-state index >= 15 is 0 Å². The summed E-state index contributed by atoms with van der Waals surface area (Å²) in [6, 6.07) is 7.25. The molecule has 4 N–H and O–H groups in total. The molecule has 0 aliphatic carbocycles. The molecule has 0 aliphatic rings. The number of anilines is 2. The van der Waals surface area contributed by atoms with Crippen LogP contribution in [0.15, 0.2) is 29.6 Å². The Balaban J connectivity index is 2.11. The molecule has 2 aromatic rings. The molecule has 0 atom stereocenters. The highest BCUT2D eigenvalue weighted by atomic mass is 32.2. The number of benzene rings is 1. The van der Waals surface area contributed by atoms with E-state index in [0.717, 1.165) is 12.0 Å². The zero-order valence-corrected chi connectivity index (χ0v) is 12.6. The lowest BCUT2D eigenvalue weighted by atomic mass is 10.2. The maximum atomic E-state index is 11.7. The number of aromatic nitrogens is 1. The largest absolute Gasteiger partial charge is 0.399 e. The first-order valence-electron chi connectivity index (χ1n) is 6.09. The maximum Gasteiger partial charge on any atom is 0.300 e. The Bertz CT molecular complexity index is 665. The fourth-order valence-electron chi connectivity index (χ4n) is 1.49. The molecule has 1 aromatic carbocycles. The van der Waals surface area contributed by atoms with E-state index in [1.807, 2.05) is 19.1 Å². The number of rotatable bonds is 6. The third-order valence-electron chi connectivity index (χ3n) is 2.47. The fourth-order valence-corrected chi connectivity index (χ4v) is 3.40. The van der Waals surface area contributed by atoms with Crippen molar-refractivity contribution in [3.05, 3.63) is 29.6 Å². The topological polar surface area (TPSA) is 97.1 Å². The predicted octanol–water partition coefficient (Wildman–Crippen LogP) is 2.05. The van der Waals surface area contributed by atoms with Crippen LogP contribution in [0, 0.1) is 0 Å². The van der Waals surface area contributed by atoms with E-state index < -0.39 is 10.2 Å². The highest BCUT2D eigenvalue weighted by Gasteiger charge is 2.12. The van der Waals surface area contributed by atoms with Gasteiger partial charge in [0.1, 0.15) is 0 Å². The van der Waals surface area contributed by atoms with Crippen molar-refractivity contribution >= 4 is 32.4 Å². The Hall–Kier alpha value is -1.64. The van der Waals surface area contributed by atoms with E-state index in [9.17, 15) is 8.42 Å². The van der Waals surface area contributed by atoms with Crippen molar-refractivity contribution < 1.29 is 8.42 Å². The molecule has 0 radical (unpaired) electrons. The van der Waals surface area contributed by atoms with Crippen molar-refractivity contribution in [3.8, 4) is 11.3 Å². The van der Waals surface area contributed by atoms with Gasteiger partial charge in [-0.05, 0) is 18.6 Å². The summed E-state index contributed by atoms with van der Waals surface area (Å²) in [6.07, 6.45) is 0.732. The van der Waals surface area contributed by atoms with Crippen molar-refractivity contribution in [2.24, 2.45) is 0 Å². The van der Waals surface area contributed by atoms with Crippen LogP contribution < -0.4 is 15.2 Å². The standard InChI is InChI=1S/C12H16N4O2S2/c1-2-7-14-20(17,18)16-12-15-11(8-19-12)9-3-5-10(13)6-4-9/h3-6,8,14H,2,7,13H2,1H3,(H,15,16). The Morgan fingerprint density at radius 2 is 2.00 bits per heavy atom. The van der Waals surface area contributed by atoms with E-state index in [1.165, 1.54) is 11.3 Å². The van der Waals surface area contributed by atoms with Crippen LogP contribution in [0.3, 0.4) is 0 Å². The van der Waals surface area contributed by atoms with Gasteiger partial charge in [0, 0.05) is 23.2 Å². The van der Waals surface area contributed by atoms with Crippen LogP contribution in [0.25, 0.3) is 11.3 Å². The lowest BCUT2D eigenvalue weighted by Crippen LogP contribution is -2.30. The average Bonchev–Trinajstić information content (AvgIpc) is 2.85. The first kappa shape index (κ1) is 14.8. The molecule has 0 saturated carbocycles. The van der Waals surface area contributed by atoms with E-state index in [1.54, 1.807) is 17.5 Å². The predicted molar refractivity (Wildman–Crippen MR) is 82.8 cm³/mol. The van der Waals surface area contributed by atoms with Gasteiger partial charge in [0.15, 0.2) is 5.13 Å². The summed E-state index contributed by atoms with van der Waals surface area (Å²) in [7, 11) is -3.54. The molecule has 1 aromatic heterocycles. The van der Waals surface area contributed by atoms with Crippen molar-refractivity contribution in [3.63, 3.8) is 0 Å². The van der Waals surface area contributed by atoms with E-state index in [2.05, 4.69) is 14.4 Å². The summed E-state index contributed by atoms with van der Waals surface area (Å²) in [4.78, 5) is 4.25. The summed E-state index contributed by atoms with van der Waals surface area (Å²) in [5.41, 5.74) is 7.90. The molecule has 0 saturated heterocycles. The van der Waals surface area contributed by atoms with Gasteiger partial charge in [0.2, 0.25) is 0 Å². The monoisotopic (exact) mass is 312 g/mol. The van der Waals surface area contributed by atoms with Crippen LogP contribution in [-0.2, 0) is 10.2 Å². The van der Waals surface area contributed by atoms with Gasteiger partial charge in [-0.2, -0.15) is 13.1 Å². The lowest BCUT2D eigenvalue weighted by Gasteiger charge is -2.05. The summed E-state index contributed by atoms with van der Waals surface area (Å²) in [5, 5.41) is 2.13. The van der Waals surface area contributed by atoms with Crippen molar-refractivity contribution in [2.75, 3.05) is 17.0 Å². The second kappa shape index (κ2) is 6.21. The molecule has 0 amide bonds. The van der Waals surface area contributed by atoms with Gasteiger partial charge in [-0.15, -0.1) is 11.3 Å². The van der Waals surface area contributed by atoms with Gasteiger partial charge in [-0.25, -0.2) is 9.71 Å². The number of nitrogen functional groups attached to an aromatic ring is 1. The minimum Gasteiger partial charge on any atom is -0.399 e. The molecule has 0 unspecified atom stereocenters. The Morgan fingerprint density at radius 3 is 2.65 bits per heavy atom. The second-order valence-electron chi connectivity index (χ2n) is 4.16. The zero-order chi connectivity index (χ0) is 14.6. The molecular weight excluding hydrogens is 296 g/mol. The fraction of sp³-hybridized carbons (Fsp3) is 0.250. The van der Waals surface area contributed by atoms with Gasteiger partial charge < -0.3 is 5.73 Å². The highest BCUT2D eigenvalue weighted by Crippen LogP contribution is 2.25. The van der Waals surface area contributed by atoms with E-state index in [0.29, 0.717) is 23.1 Å². The molecule has 0 aliphatic heterocycles. The Morgan fingerprint density at radius 1 is 1.30 bits per heavy atom. The average molecular weight is 312 g/mol. The van der Waals surface area contributed by atoms with Crippen LogP contribution in [0.1, 0.15) is 13.3 Å². The normalized spacial score (nSPS) is 11.4. The van der Waals surface area contributed by atoms with Crippen molar-refractivity contribution in [2.45, 2.75) is 13.3 Å². The molecule has 2 rings (SSSR count). The second-order valence-corrected chi connectivity index (χ2v) is 6.52. The summed E-state index contributed by atoms with van der Waals surface area (Å²) < 4.78 is 28.2. The van der Waals surface area contributed by atoms with Gasteiger partial charge in [-0.3, -0.25) is 0 Å². The first-order chi connectivity index (χ1) is 9.50. The van der Waals surface area contributed by atoms with Crippen LogP contribution in [-0.4, -0.2) is 19.9 Å². The summed E-state index contributed by atoms with van der Waals surface area (Å²) >= 11 is 1.24. The molecular formula is C12H16N4O2S2. The number of hydrogen-bond acceptors (Lipinski definition) is 5. The van der Waals surface area contributed by atoms with Crippen molar-refractivity contribution in [1.29, 1.82) is 0 Å². The molecule has 20 heavy (non-hydrogen) atoms. The van der Waals surface area contributed by atoms with E-state index in [4.69, 9.17) is 5.73 Å². The first-order valence-corrected chi connectivity index (χ1v) is 8.45. The molecule has 1 heterocycles. The van der Waals surface area contributed by atoms with Crippen molar-refractivity contribution in [1.82, 2.24) is 9.71 Å². The number of thiazole rings is 1. The molecule has 0 fully saturated rings. The van der Waals surface area contributed by atoms with Crippen LogP contribution in [0.5, 0.6) is 0 Å². The minimum absolute atomic E-state index is 0.334. The van der Waals surface area contributed by atoms with Gasteiger partial charge >= 0.3 is 10.2 Å². The molecule has 0 spiro atoms. The third-order valence-corrected chi connectivity index (χ3v) is 4.41. The van der Waals surface area contributed by atoms with Gasteiger partial charge in [0.05, 0.1) is 5.69 Å². The Kier molecular flexibility index (Phi) is 4.58. The smallest absolute Gasteiger partial charge is 0.300 e. The van der Waals surface area contributed by atoms with Crippen LogP contribution in [0.4, 0.5) is 10.8 Å². The summed E-state index contributed by atoms with van der Waals surface area (Å²) in [5.74, 6) is 0. The molecule has 0 bridgehead atoms. The third kappa shape index (κ3) is 3.92. The number of nitrogens with two attached hydrogens (primary N) is 1. The lowest BCUT2D eigenvalue weighted by molar-refractivity contribution is 0.586. The Labute approximate surface area is 122 Å². The van der Waals surface area contributed by atoms with Gasteiger partial charge in [-0.1, -0.05) is 19.1 Å². The maximum absolute atomic E-state index is 11.7. The SMILES string of the molecule is CCCNS(=O)(=O)Nc1nc(-c2ccc(N)cc2)cs1. The van der Waals surface area contributed by atoms with Gasteiger partial charge in [0.25, 0.3) is 0 Å². The summed E-state index contributed by atoms with van der Waals surface area (Å²) in [6.45, 7) is 2.29. The molecule has 6 nitrogen and oxygen atoms in total. The molecule has 8 heteroatoms. The number of nitrogens with one attached hydrogen (secondary N) is 2. The number of nitrogens with zero attached hydrogens (tertiary/aromatic N) is 1. The van der Waals surface area contributed by atoms with Crippen LogP contribution >= 0.6 is 11.3 Å². The van der Waals surface area contributed by atoms with Crippen LogP contribution in [0.2, 0.25) is 0 Å². The number of hydrogen-bond donors (Lipinski definition) is 3. The molecule has 108 valence electrons. The zero-order valence-electron chi connectivity index (χ0n) is 11.0. The minimum atomic E-state index is -3.54. The van der Waals surface area contributed by atoms with E-state index in [-0.39, 0.29) is 0 Å². The highest BCUT2D eigenvalue weighted by molar-refractivity contribution is 7.91.